The van der Waals surface area contributed by atoms with E-state index in [4.69, 9.17) is 4.74 Å². The fraction of sp³-hybridized carbons (Fsp3) is 0.933. The molecular weight excluding hydrogens is 304 g/mol. The van der Waals surface area contributed by atoms with Gasteiger partial charge in [0.25, 0.3) is 0 Å². The Labute approximate surface area is 134 Å². The van der Waals surface area contributed by atoms with Crippen molar-refractivity contribution in [3.63, 3.8) is 0 Å². The van der Waals surface area contributed by atoms with E-state index in [1.54, 1.807) is 6.92 Å². The molecule has 0 heterocycles. The summed E-state index contributed by atoms with van der Waals surface area (Å²) < 4.78 is 28.1. The van der Waals surface area contributed by atoms with Gasteiger partial charge >= 0.3 is 6.09 Å². The van der Waals surface area contributed by atoms with Crippen molar-refractivity contribution in [2.45, 2.75) is 71.1 Å². The summed E-state index contributed by atoms with van der Waals surface area (Å²) in [5.41, 5.74) is -0.479. The molecular formula is C15H30N2O4S. The predicted octanol–water partition coefficient (Wildman–Crippen LogP) is 1.85. The summed E-state index contributed by atoms with van der Waals surface area (Å²) in [7, 11) is -2.90. The molecule has 1 rings (SSSR count). The van der Waals surface area contributed by atoms with Crippen LogP contribution in [0.5, 0.6) is 0 Å². The first-order chi connectivity index (χ1) is 10.1. The van der Waals surface area contributed by atoms with Crippen LogP contribution in [0.25, 0.3) is 0 Å². The van der Waals surface area contributed by atoms with E-state index in [9.17, 15) is 13.2 Å². The molecule has 0 aromatic rings. The molecule has 1 aliphatic carbocycles. The Kier molecular flexibility index (Phi) is 7.12. The minimum atomic E-state index is -2.90. The minimum Gasteiger partial charge on any atom is -0.444 e. The average Bonchev–Trinajstić information content (AvgIpc) is 2.38. The highest BCUT2D eigenvalue weighted by atomic mass is 32.2. The lowest BCUT2D eigenvalue weighted by Crippen LogP contribution is -2.44. The third-order valence-electron chi connectivity index (χ3n) is 3.73. The zero-order chi connectivity index (χ0) is 16.8. The number of carbonyl (C=O) groups excluding carboxylic acids is 1. The summed E-state index contributed by atoms with van der Waals surface area (Å²) >= 11 is 0. The molecule has 6 nitrogen and oxygen atoms in total. The van der Waals surface area contributed by atoms with Crippen molar-refractivity contribution in [3.8, 4) is 0 Å². The second-order valence-electron chi connectivity index (χ2n) is 6.89. The van der Waals surface area contributed by atoms with Gasteiger partial charge in [0.05, 0.1) is 5.75 Å². The fourth-order valence-corrected chi connectivity index (χ4v) is 3.20. The van der Waals surface area contributed by atoms with Gasteiger partial charge < -0.3 is 15.4 Å². The van der Waals surface area contributed by atoms with E-state index >= 15 is 0 Å². The molecule has 0 atom stereocenters. The summed E-state index contributed by atoms with van der Waals surface area (Å²) in [4.78, 5) is 11.7. The zero-order valence-corrected chi connectivity index (χ0v) is 15.0. The highest BCUT2D eigenvalue weighted by Crippen LogP contribution is 2.19. The monoisotopic (exact) mass is 334 g/mol. The third-order valence-corrected chi connectivity index (χ3v) is 5.44. The minimum absolute atomic E-state index is 0.146. The Balaban J connectivity index is 2.22. The van der Waals surface area contributed by atoms with Gasteiger partial charge in [0.15, 0.2) is 9.84 Å². The molecule has 1 fully saturated rings. The van der Waals surface area contributed by atoms with Gasteiger partial charge in [-0.25, -0.2) is 13.2 Å². The molecule has 1 aliphatic rings. The van der Waals surface area contributed by atoms with E-state index in [0.717, 1.165) is 25.7 Å². The van der Waals surface area contributed by atoms with Gasteiger partial charge in [0.2, 0.25) is 0 Å². The molecule has 0 radical (unpaired) electrons. The normalized spacial score (nSPS) is 23.1. The van der Waals surface area contributed by atoms with E-state index in [2.05, 4.69) is 10.6 Å². The van der Waals surface area contributed by atoms with Gasteiger partial charge in [-0.05, 0) is 46.5 Å². The largest absolute Gasteiger partial charge is 0.444 e. The number of sulfone groups is 1. The Bertz CT molecular complexity index is 449. The average molecular weight is 334 g/mol. The van der Waals surface area contributed by atoms with Crippen LogP contribution in [0.1, 0.15) is 53.4 Å². The summed E-state index contributed by atoms with van der Waals surface area (Å²) in [5.74, 6) is 0.390. The van der Waals surface area contributed by atoms with Crippen molar-refractivity contribution < 1.29 is 17.9 Å². The SMILES string of the molecule is CCS(=O)(=O)CCNC1CCC(NC(=O)OC(C)(C)C)CC1. The van der Waals surface area contributed by atoms with Crippen LogP contribution in [-0.2, 0) is 14.6 Å². The molecule has 0 spiro atoms. The summed E-state index contributed by atoms with van der Waals surface area (Å²) in [5, 5.41) is 6.20. The molecule has 0 bridgehead atoms. The smallest absolute Gasteiger partial charge is 0.407 e. The van der Waals surface area contributed by atoms with Crippen LogP contribution in [0.15, 0.2) is 0 Å². The van der Waals surface area contributed by atoms with Crippen LogP contribution in [0, 0.1) is 0 Å². The molecule has 1 saturated carbocycles. The van der Waals surface area contributed by atoms with Crippen molar-refractivity contribution in [3.05, 3.63) is 0 Å². The van der Waals surface area contributed by atoms with E-state index in [-0.39, 0.29) is 23.6 Å². The van der Waals surface area contributed by atoms with Gasteiger partial charge in [-0.2, -0.15) is 0 Å². The Morgan fingerprint density at radius 2 is 1.68 bits per heavy atom. The maximum Gasteiger partial charge on any atom is 0.407 e. The van der Waals surface area contributed by atoms with Crippen molar-refractivity contribution in [1.29, 1.82) is 0 Å². The molecule has 0 unspecified atom stereocenters. The van der Waals surface area contributed by atoms with Crippen LogP contribution >= 0.6 is 0 Å². The lowest BCUT2D eigenvalue weighted by atomic mass is 9.91. The van der Waals surface area contributed by atoms with Crippen molar-refractivity contribution in [1.82, 2.24) is 10.6 Å². The molecule has 130 valence electrons. The first kappa shape index (κ1) is 19.2. The summed E-state index contributed by atoms with van der Waals surface area (Å²) in [6.45, 7) is 7.71. The van der Waals surface area contributed by atoms with Gasteiger partial charge in [-0.3, -0.25) is 0 Å². The van der Waals surface area contributed by atoms with Crippen LogP contribution in [0.4, 0.5) is 4.79 Å². The maximum atomic E-state index is 11.7. The van der Waals surface area contributed by atoms with Gasteiger partial charge in [-0.15, -0.1) is 0 Å². The fourth-order valence-electron chi connectivity index (χ4n) is 2.48. The molecule has 2 N–H and O–H groups in total. The third kappa shape index (κ3) is 7.98. The number of hydrogen-bond donors (Lipinski definition) is 2. The number of carbonyl (C=O) groups is 1. The molecule has 0 aromatic carbocycles. The quantitative estimate of drug-likeness (QED) is 0.774. The number of alkyl carbamates (subject to hydrolysis) is 1. The summed E-state index contributed by atoms with van der Waals surface area (Å²) in [6, 6.07) is 0.482. The van der Waals surface area contributed by atoms with Crippen LogP contribution in [0.2, 0.25) is 0 Å². The molecule has 0 aromatic heterocycles. The Morgan fingerprint density at radius 3 is 2.18 bits per heavy atom. The zero-order valence-electron chi connectivity index (χ0n) is 14.1. The Hall–Kier alpha value is -0.820. The topological polar surface area (TPSA) is 84.5 Å². The number of amides is 1. The predicted molar refractivity (Wildman–Crippen MR) is 87.7 cm³/mol. The van der Waals surface area contributed by atoms with Gasteiger partial charge in [0, 0.05) is 24.4 Å². The van der Waals surface area contributed by atoms with Gasteiger partial charge in [0.1, 0.15) is 5.60 Å². The van der Waals surface area contributed by atoms with E-state index < -0.39 is 15.4 Å². The molecule has 0 aliphatic heterocycles. The Morgan fingerprint density at radius 1 is 1.14 bits per heavy atom. The highest BCUT2D eigenvalue weighted by molar-refractivity contribution is 7.91. The van der Waals surface area contributed by atoms with Crippen molar-refractivity contribution >= 4 is 15.9 Å². The number of nitrogens with one attached hydrogen (secondary N) is 2. The highest BCUT2D eigenvalue weighted by Gasteiger charge is 2.24. The first-order valence-corrected chi connectivity index (χ1v) is 9.87. The first-order valence-electron chi connectivity index (χ1n) is 8.04. The van der Waals surface area contributed by atoms with Crippen LogP contribution in [0.3, 0.4) is 0 Å². The number of ether oxygens (including phenoxy) is 1. The second kappa shape index (κ2) is 8.15. The van der Waals surface area contributed by atoms with E-state index in [0.29, 0.717) is 12.6 Å². The van der Waals surface area contributed by atoms with Gasteiger partial charge in [-0.1, -0.05) is 6.92 Å². The standard InChI is InChI=1S/C15H30N2O4S/c1-5-22(19,20)11-10-16-12-6-8-13(9-7-12)17-14(18)21-15(2,3)4/h12-13,16H,5-11H2,1-4H3,(H,17,18). The van der Waals surface area contributed by atoms with Crippen molar-refractivity contribution in [2.24, 2.45) is 0 Å². The van der Waals surface area contributed by atoms with Crippen molar-refractivity contribution in [2.75, 3.05) is 18.1 Å². The van der Waals surface area contributed by atoms with Crippen LogP contribution < -0.4 is 10.6 Å². The van der Waals surface area contributed by atoms with Crippen LogP contribution in [-0.4, -0.2) is 50.2 Å². The van der Waals surface area contributed by atoms with E-state index in [1.165, 1.54) is 0 Å². The number of rotatable bonds is 6. The maximum absolute atomic E-state index is 11.7. The molecule has 7 heteroatoms. The van der Waals surface area contributed by atoms with E-state index in [1.807, 2.05) is 20.8 Å². The second-order valence-corrected chi connectivity index (χ2v) is 9.36. The molecule has 1 amide bonds. The number of hydrogen-bond acceptors (Lipinski definition) is 5. The lowest BCUT2D eigenvalue weighted by Gasteiger charge is -2.30. The molecule has 22 heavy (non-hydrogen) atoms. The molecule has 0 saturated heterocycles. The lowest BCUT2D eigenvalue weighted by molar-refractivity contribution is 0.0490. The summed E-state index contributed by atoms with van der Waals surface area (Å²) in [6.07, 6.45) is 3.28.